The van der Waals surface area contributed by atoms with E-state index in [-0.39, 0.29) is 5.69 Å². The van der Waals surface area contributed by atoms with E-state index in [0.717, 1.165) is 11.1 Å². The molecule has 7 heteroatoms. The maximum Gasteiger partial charge on any atom is 0.357 e. The molecule has 0 saturated heterocycles. The predicted octanol–water partition coefficient (Wildman–Crippen LogP) is 1.90. The average Bonchev–Trinajstić information content (AvgIpc) is 2.86. The van der Waals surface area contributed by atoms with Gasteiger partial charge in [0.25, 0.3) is 0 Å². The first-order valence-electron chi connectivity index (χ1n) is 6.47. The lowest BCUT2D eigenvalue weighted by molar-refractivity contribution is -0.105. The molecule has 7 nitrogen and oxygen atoms in total. The number of anilines is 1. The molecule has 2 N–H and O–H groups in total. The molecule has 0 bridgehead atoms. The Morgan fingerprint density at radius 2 is 2.00 bits per heavy atom. The second-order valence-electron chi connectivity index (χ2n) is 4.67. The maximum atomic E-state index is 11.4. The average molecular weight is 296 g/mol. The molecular formula is C15H12N4O3. The highest BCUT2D eigenvalue weighted by molar-refractivity contribution is 6.06. The van der Waals surface area contributed by atoms with Gasteiger partial charge in [0.15, 0.2) is 11.3 Å². The topological polar surface area (TPSA) is 97.1 Å². The predicted molar refractivity (Wildman–Crippen MR) is 80.6 cm³/mol. The van der Waals surface area contributed by atoms with E-state index in [2.05, 4.69) is 15.4 Å². The Balaban J connectivity index is 2.22. The molecular weight excluding hydrogens is 284 g/mol. The fourth-order valence-electron chi connectivity index (χ4n) is 2.38. The van der Waals surface area contributed by atoms with Gasteiger partial charge in [-0.25, -0.2) is 14.5 Å². The van der Waals surface area contributed by atoms with Crippen LogP contribution in [0.3, 0.4) is 0 Å². The lowest BCUT2D eigenvalue weighted by atomic mass is 10.0. The van der Waals surface area contributed by atoms with E-state index in [4.69, 9.17) is 0 Å². The smallest absolute Gasteiger partial charge is 0.357 e. The van der Waals surface area contributed by atoms with E-state index in [0.29, 0.717) is 23.1 Å². The second-order valence-corrected chi connectivity index (χ2v) is 4.67. The minimum atomic E-state index is -1.10. The SMILES string of the molecule is Cn1nc(C(=O)O)c2c(-c3ccc(NC=O)cc3)ccnc21. The molecule has 3 aromatic rings. The quantitative estimate of drug-likeness (QED) is 0.717. The third kappa shape index (κ3) is 2.18. The van der Waals surface area contributed by atoms with Crippen molar-refractivity contribution in [3.8, 4) is 11.1 Å². The van der Waals surface area contributed by atoms with Gasteiger partial charge in [0, 0.05) is 18.9 Å². The van der Waals surface area contributed by atoms with Crippen molar-refractivity contribution in [1.82, 2.24) is 14.8 Å². The Morgan fingerprint density at radius 3 is 2.64 bits per heavy atom. The largest absolute Gasteiger partial charge is 0.476 e. The fraction of sp³-hybridized carbons (Fsp3) is 0.0667. The first-order valence-corrected chi connectivity index (χ1v) is 6.47. The van der Waals surface area contributed by atoms with Crippen LogP contribution in [0.25, 0.3) is 22.2 Å². The summed E-state index contributed by atoms with van der Waals surface area (Å²) < 4.78 is 1.45. The number of carboxylic acid groups (broad SMARTS) is 1. The second kappa shape index (κ2) is 5.28. The summed E-state index contributed by atoms with van der Waals surface area (Å²) in [5.74, 6) is -1.10. The number of benzene rings is 1. The summed E-state index contributed by atoms with van der Waals surface area (Å²) >= 11 is 0. The van der Waals surface area contributed by atoms with E-state index < -0.39 is 5.97 Å². The molecule has 0 radical (unpaired) electrons. The summed E-state index contributed by atoms with van der Waals surface area (Å²) in [7, 11) is 1.66. The molecule has 0 aliphatic carbocycles. The van der Waals surface area contributed by atoms with E-state index in [1.165, 1.54) is 4.68 Å². The molecule has 2 aromatic heterocycles. The zero-order valence-electron chi connectivity index (χ0n) is 11.6. The number of hydrogen-bond acceptors (Lipinski definition) is 4. The number of nitrogens with zero attached hydrogens (tertiary/aromatic N) is 3. The Morgan fingerprint density at radius 1 is 1.27 bits per heavy atom. The van der Waals surface area contributed by atoms with Crippen molar-refractivity contribution in [3.63, 3.8) is 0 Å². The number of nitrogens with one attached hydrogen (secondary N) is 1. The zero-order valence-corrected chi connectivity index (χ0v) is 11.6. The molecule has 2 heterocycles. The standard InChI is InChI=1S/C15H12N4O3/c1-19-14-12(13(18-19)15(21)22)11(6-7-16-14)9-2-4-10(5-3-9)17-8-20/h2-8H,1H3,(H,17,20)(H,21,22). The molecule has 1 aromatic carbocycles. The van der Waals surface area contributed by atoms with Crippen molar-refractivity contribution < 1.29 is 14.7 Å². The first-order chi connectivity index (χ1) is 10.6. The fourth-order valence-corrected chi connectivity index (χ4v) is 2.38. The van der Waals surface area contributed by atoms with E-state index in [1.807, 2.05) is 0 Å². The van der Waals surface area contributed by atoms with Gasteiger partial charge in [-0.1, -0.05) is 12.1 Å². The number of carbonyl (C=O) groups excluding carboxylic acids is 1. The first kappa shape index (κ1) is 13.7. The van der Waals surface area contributed by atoms with Gasteiger partial charge in [-0.15, -0.1) is 0 Å². The van der Waals surface area contributed by atoms with Gasteiger partial charge in [0.1, 0.15) is 0 Å². The van der Waals surface area contributed by atoms with Crippen LogP contribution in [0.1, 0.15) is 10.5 Å². The van der Waals surface area contributed by atoms with Gasteiger partial charge in [0.05, 0.1) is 5.39 Å². The Hall–Kier alpha value is -3.22. The van der Waals surface area contributed by atoms with Crippen LogP contribution in [0.4, 0.5) is 5.69 Å². The molecule has 0 unspecified atom stereocenters. The van der Waals surface area contributed by atoms with Crippen LogP contribution in [0.5, 0.6) is 0 Å². The van der Waals surface area contributed by atoms with Crippen LogP contribution in [0.2, 0.25) is 0 Å². The third-order valence-corrected chi connectivity index (χ3v) is 3.35. The Bertz CT molecular complexity index is 868. The molecule has 0 aliphatic heterocycles. The van der Waals surface area contributed by atoms with Gasteiger partial charge in [0.2, 0.25) is 6.41 Å². The van der Waals surface area contributed by atoms with Crippen LogP contribution in [-0.2, 0) is 11.8 Å². The van der Waals surface area contributed by atoms with Crippen LogP contribution in [-0.4, -0.2) is 32.3 Å². The maximum absolute atomic E-state index is 11.4. The van der Waals surface area contributed by atoms with Crippen LogP contribution in [0.15, 0.2) is 36.5 Å². The molecule has 0 fully saturated rings. The van der Waals surface area contributed by atoms with Gasteiger partial charge in [-0.2, -0.15) is 5.10 Å². The van der Waals surface area contributed by atoms with Crippen LogP contribution in [0, 0.1) is 0 Å². The van der Waals surface area contributed by atoms with Gasteiger partial charge >= 0.3 is 5.97 Å². The van der Waals surface area contributed by atoms with Crippen molar-refractivity contribution in [2.75, 3.05) is 5.32 Å². The lowest BCUT2D eigenvalue weighted by Gasteiger charge is -2.05. The summed E-state index contributed by atoms with van der Waals surface area (Å²) in [6.07, 6.45) is 2.21. The minimum absolute atomic E-state index is 0.0318. The number of fused-ring (bicyclic) bond motifs is 1. The number of aryl methyl sites for hydroxylation is 1. The monoisotopic (exact) mass is 296 g/mol. The molecule has 0 aliphatic rings. The summed E-state index contributed by atoms with van der Waals surface area (Å²) in [6, 6.07) is 8.84. The van der Waals surface area contributed by atoms with Crippen molar-refractivity contribution in [1.29, 1.82) is 0 Å². The number of aromatic nitrogens is 3. The normalized spacial score (nSPS) is 10.6. The number of hydrogen-bond donors (Lipinski definition) is 2. The van der Waals surface area contributed by atoms with E-state index >= 15 is 0 Å². The highest BCUT2D eigenvalue weighted by Gasteiger charge is 2.19. The van der Waals surface area contributed by atoms with Crippen LogP contribution >= 0.6 is 0 Å². The number of rotatable bonds is 4. The summed E-state index contributed by atoms with van der Waals surface area (Å²) in [5, 5.41) is 16.4. The van der Waals surface area contributed by atoms with Crippen molar-refractivity contribution in [2.24, 2.45) is 7.05 Å². The molecule has 0 spiro atoms. The Labute approximate surface area is 125 Å². The minimum Gasteiger partial charge on any atom is -0.476 e. The highest BCUT2D eigenvalue weighted by atomic mass is 16.4. The van der Waals surface area contributed by atoms with Gasteiger partial charge < -0.3 is 10.4 Å². The molecule has 110 valence electrons. The van der Waals surface area contributed by atoms with E-state index in [9.17, 15) is 14.7 Å². The molecule has 1 amide bonds. The number of aromatic carboxylic acids is 1. The van der Waals surface area contributed by atoms with Crippen molar-refractivity contribution in [2.45, 2.75) is 0 Å². The molecule has 0 saturated carbocycles. The summed E-state index contributed by atoms with van der Waals surface area (Å²) in [4.78, 5) is 26.0. The van der Waals surface area contributed by atoms with Gasteiger partial charge in [-0.05, 0) is 29.3 Å². The summed E-state index contributed by atoms with van der Waals surface area (Å²) in [5.41, 5.74) is 2.68. The molecule has 3 rings (SSSR count). The lowest BCUT2D eigenvalue weighted by Crippen LogP contribution is -1.99. The number of pyridine rings is 1. The van der Waals surface area contributed by atoms with Crippen LogP contribution < -0.4 is 5.32 Å². The third-order valence-electron chi connectivity index (χ3n) is 3.35. The highest BCUT2D eigenvalue weighted by Crippen LogP contribution is 2.30. The van der Waals surface area contributed by atoms with Crippen molar-refractivity contribution in [3.05, 3.63) is 42.2 Å². The van der Waals surface area contributed by atoms with Gasteiger partial charge in [-0.3, -0.25) is 4.79 Å². The van der Waals surface area contributed by atoms with E-state index in [1.54, 1.807) is 43.6 Å². The Kier molecular flexibility index (Phi) is 3.30. The zero-order chi connectivity index (χ0) is 15.7. The number of carboxylic acids is 1. The summed E-state index contributed by atoms with van der Waals surface area (Å²) in [6.45, 7) is 0. The number of amides is 1. The van der Waals surface area contributed by atoms with Crippen molar-refractivity contribution >= 4 is 29.1 Å². The molecule has 0 atom stereocenters. The number of carbonyl (C=O) groups is 2. The molecule has 22 heavy (non-hydrogen) atoms.